The molecule has 1 N–H and O–H groups in total. The molecule has 4 aliphatic rings. The Balaban J connectivity index is 1.53. The number of carbonyl (C=O) groups is 1. The van der Waals surface area contributed by atoms with E-state index in [0.29, 0.717) is 42.7 Å². The Bertz CT molecular complexity index is 627. The van der Waals surface area contributed by atoms with Crippen molar-refractivity contribution >= 4 is 5.91 Å². The van der Waals surface area contributed by atoms with Crippen LogP contribution in [0.1, 0.15) is 30.6 Å². The SMILES string of the molecule is O=C([C@@H]1C[C@@H]2C=C[C@H]1CC2)N1CCc2c(o[nH]c2=O)C1. The first-order valence-electron chi connectivity index (χ1n) is 7.38. The van der Waals surface area contributed by atoms with Crippen LogP contribution in [0.25, 0.3) is 0 Å². The van der Waals surface area contributed by atoms with Crippen LogP contribution in [-0.4, -0.2) is 22.5 Å². The molecule has 106 valence electrons. The van der Waals surface area contributed by atoms with E-state index < -0.39 is 0 Å². The molecule has 0 radical (unpaired) electrons. The predicted molar refractivity (Wildman–Crippen MR) is 71.9 cm³/mol. The van der Waals surface area contributed by atoms with Crippen molar-refractivity contribution in [2.24, 2.45) is 17.8 Å². The molecule has 1 aromatic heterocycles. The van der Waals surface area contributed by atoms with Gasteiger partial charge in [0, 0.05) is 12.5 Å². The quantitative estimate of drug-likeness (QED) is 0.788. The smallest absolute Gasteiger partial charge is 0.283 e. The Morgan fingerprint density at radius 3 is 2.95 bits per heavy atom. The van der Waals surface area contributed by atoms with E-state index in [0.717, 1.165) is 12.8 Å². The van der Waals surface area contributed by atoms with Crippen LogP contribution in [-0.2, 0) is 17.8 Å². The lowest BCUT2D eigenvalue weighted by molar-refractivity contribution is -0.139. The van der Waals surface area contributed by atoms with E-state index in [4.69, 9.17) is 4.52 Å². The summed E-state index contributed by atoms with van der Waals surface area (Å²) in [6, 6.07) is 0. The fourth-order valence-electron chi connectivity index (χ4n) is 3.88. The van der Waals surface area contributed by atoms with Crippen LogP contribution in [0.3, 0.4) is 0 Å². The number of hydrogen-bond acceptors (Lipinski definition) is 3. The zero-order chi connectivity index (χ0) is 13.7. The van der Waals surface area contributed by atoms with Gasteiger partial charge in [-0.2, -0.15) is 5.16 Å². The van der Waals surface area contributed by atoms with Gasteiger partial charge in [-0.25, -0.2) is 0 Å². The standard InChI is InChI=1S/C15H18N2O3/c18-14-11-5-6-17(8-13(11)20-16-14)15(19)12-7-9-1-3-10(12)4-2-9/h1,3,9-10,12H,2,4-8H2,(H,16,18)/t9-,10+,12-/m1/s1. The summed E-state index contributed by atoms with van der Waals surface area (Å²) in [6.07, 6.45) is 8.45. The minimum absolute atomic E-state index is 0.131. The summed E-state index contributed by atoms with van der Waals surface area (Å²) in [7, 11) is 0. The van der Waals surface area contributed by atoms with Crippen molar-refractivity contribution < 1.29 is 9.32 Å². The molecule has 3 atom stereocenters. The van der Waals surface area contributed by atoms with Gasteiger partial charge in [-0.05, 0) is 37.5 Å². The van der Waals surface area contributed by atoms with Crippen LogP contribution < -0.4 is 5.56 Å². The first kappa shape index (κ1) is 12.0. The molecule has 0 aromatic carbocycles. The summed E-state index contributed by atoms with van der Waals surface area (Å²) in [5, 5.41) is 2.37. The van der Waals surface area contributed by atoms with Crippen molar-refractivity contribution in [3.63, 3.8) is 0 Å². The van der Waals surface area contributed by atoms with Gasteiger partial charge in [0.15, 0.2) is 5.76 Å². The Labute approximate surface area is 116 Å². The first-order chi connectivity index (χ1) is 9.72. The molecular formula is C15H18N2O3. The third-order valence-electron chi connectivity index (χ3n) is 5.05. The number of amides is 1. The Hall–Kier alpha value is -1.78. The maximum Gasteiger partial charge on any atom is 0.283 e. The van der Waals surface area contributed by atoms with Gasteiger partial charge in [0.05, 0.1) is 12.1 Å². The molecule has 5 heteroatoms. The summed E-state index contributed by atoms with van der Waals surface area (Å²) in [6.45, 7) is 1.07. The zero-order valence-electron chi connectivity index (χ0n) is 11.3. The number of fused-ring (bicyclic) bond motifs is 3. The van der Waals surface area contributed by atoms with Crippen molar-refractivity contribution in [2.45, 2.75) is 32.2 Å². The first-order valence-corrected chi connectivity index (χ1v) is 7.38. The third-order valence-corrected chi connectivity index (χ3v) is 5.05. The highest BCUT2D eigenvalue weighted by Gasteiger charge is 2.39. The van der Waals surface area contributed by atoms with Crippen LogP contribution in [0, 0.1) is 17.8 Å². The van der Waals surface area contributed by atoms with Crippen LogP contribution in [0.2, 0.25) is 0 Å². The molecule has 1 aliphatic heterocycles. The molecule has 0 saturated heterocycles. The van der Waals surface area contributed by atoms with Gasteiger partial charge < -0.3 is 9.42 Å². The molecular weight excluding hydrogens is 256 g/mol. The van der Waals surface area contributed by atoms with Crippen molar-refractivity contribution in [1.29, 1.82) is 0 Å². The number of rotatable bonds is 1. The maximum atomic E-state index is 12.7. The average Bonchev–Trinajstić information content (AvgIpc) is 2.88. The summed E-state index contributed by atoms with van der Waals surface area (Å²) in [5.74, 6) is 1.99. The van der Waals surface area contributed by atoms with E-state index in [-0.39, 0.29) is 17.4 Å². The van der Waals surface area contributed by atoms with E-state index >= 15 is 0 Å². The fourth-order valence-corrected chi connectivity index (χ4v) is 3.88. The number of carbonyl (C=O) groups excluding carboxylic acids is 1. The molecule has 0 spiro atoms. The molecule has 3 aliphatic carbocycles. The number of aromatic amines is 1. The molecule has 5 rings (SSSR count). The number of nitrogens with zero attached hydrogens (tertiary/aromatic N) is 1. The largest absolute Gasteiger partial charge is 0.381 e. The molecule has 1 saturated carbocycles. The summed E-state index contributed by atoms with van der Waals surface area (Å²) in [5.41, 5.74) is 0.561. The number of H-pyrrole nitrogens is 1. The summed E-state index contributed by atoms with van der Waals surface area (Å²) < 4.78 is 5.17. The third kappa shape index (κ3) is 1.76. The van der Waals surface area contributed by atoms with Gasteiger partial charge in [-0.15, -0.1) is 0 Å². The lowest BCUT2D eigenvalue weighted by Gasteiger charge is -2.40. The van der Waals surface area contributed by atoms with Crippen molar-refractivity contribution in [3.8, 4) is 0 Å². The normalized spacial score (nSPS) is 31.4. The van der Waals surface area contributed by atoms with Crippen LogP contribution in [0.5, 0.6) is 0 Å². The maximum absolute atomic E-state index is 12.7. The number of aromatic nitrogens is 1. The topological polar surface area (TPSA) is 66.3 Å². The molecule has 5 nitrogen and oxygen atoms in total. The van der Waals surface area contributed by atoms with Crippen molar-refractivity contribution in [2.75, 3.05) is 6.54 Å². The molecule has 20 heavy (non-hydrogen) atoms. The van der Waals surface area contributed by atoms with Gasteiger partial charge in [0.25, 0.3) is 5.56 Å². The predicted octanol–water partition coefficient (Wildman–Crippen LogP) is 1.45. The number of allylic oxidation sites excluding steroid dienone is 2. The highest BCUT2D eigenvalue weighted by Crippen LogP contribution is 2.41. The summed E-state index contributed by atoms with van der Waals surface area (Å²) in [4.78, 5) is 26.1. The lowest BCUT2D eigenvalue weighted by atomic mass is 9.68. The number of hydrogen-bond donors (Lipinski definition) is 1. The Morgan fingerprint density at radius 1 is 1.35 bits per heavy atom. The van der Waals surface area contributed by atoms with Gasteiger partial charge in [0.1, 0.15) is 0 Å². The van der Waals surface area contributed by atoms with Gasteiger partial charge in [-0.1, -0.05) is 12.2 Å². The second kappa shape index (κ2) is 4.36. The monoisotopic (exact) mass is 274 g/mol. The Kier molecular flexibility index (Phi) is 2.62. The van der Waals surface area contributed by atoms with Gasteiger partial charge in [-0.3, -0.25) is 9.59 Å². The minimum atomic E-state index is -0.147. The average molecular weight is 274 g/mol. The second-order valence-electron chi connectivity index (χ2n) is 6.17. The molecule has 1 fully saturated rings. The van der Waals surface area contributed by atoms with E-state index in [1.54, 1.807) is 0 Å². The zero-order valence-corrected chi connectivity index (χ0v) is 11.3. The lowest BCUT2D eigenvalue weighted by Crippen LogP contribution is -2.44. The van der Waals surface area contributed by atoms with Crippen LogP contribution in [0.4, 0.5) is 0 Å². The van der Waals surface area contributed by atoms with Crippen molar-refractivity contribution in [3.05, 3.63) is 33.8 Å². The molecule has 1 amide bonds. The summed E-state index contributed by atoms with van der Waals surface area (Å²) >= 11 is 0. The Morgan fingerprint density at radius 2 is 2.25 bits per heavy atom. The molecule has 2 heterocycles. The van der Waals surface area contributed by atoms with Crippen LogP contribution in [0.15, 0.2) is 21.5 Å². The van der Waals surface area contributed by atoms with E-state index in [1.165, 1.54) is 6.42 Å². The highest BCUT2D eigenvalue weighted by atomic mass is 16.5. The minimum Gasteiger partial charge on any atom is -0.381 e. The van der Waals surface area contributed by atoms with Gasteiger partial charge in [0.2, 0.25) is 5.91 Å². The second-order valence-corrected chi connectivity index (χ2v) is 6.17. The molecule has 0 unspecified atom stereocenters. The van der Waals surface area contributed by atoms with Crippen molar-refractivity contribution in [1.82, 2.24) is 10.1 Å². The van der Waals surface area contributed by atoms with Crippen LogP contribution >= 0.6 is 0 Å². The highest BCUT2D eigenvalue weighted by molar-refractivity contribution is 5.80. The fraction of sp³-hybridized carbons (Fsp3) is 0.600. The molecule has 1 aromatic rings. The van der Waals surface area contributed by atoms with E-state index in [2.05, 4.69) is 17.3 Å². The van der Waals surface area contributed by atoms with E-state index in [1.807, 2.05) is 4.90 Å². The van der Waals surface area contributed by atoms with E-state index in [9.17, 15) is 9.59 Å². The number of nitrogens with one attached hydrogen (secondary N) is 1. The van der Waals surface area contributed by atoms with Gasteiger partial charge >= 0.3 is 0 Å². The molecule has 2 bridgehead atoms.